The second kappa shape index (κ2) is 9.12. The molecular formula is C22H21ClN4OS2. The Morgan fingerprint density at radius 1 is 1.23 bits per heavy atom. The Labute approximate surface area is 190 Å². The van der Waals surface area contributed by atoms with Crippen LogP contribution in [0.2, 0.25) is 4.34 Å². The molecular weight excluding hydrogens is 436 g/mol. The molecule has 3 heterocycles. The number of aromatic nitrogens is 1. The number of carbonyl (C=O) groups excluding carboxylic acids is 1. The molecule has 0 saturated carbocycles. The van der Waals surface area contributed by atoms with E-state index in [1.54, 1.807) is 6.20 Å². The third-order valence-corrected chi connectivity index (χ3v) is 6.65. The number of hydrogen-bond donors (Lipinski definition) is 2. The van der Waals surface area contributed by atoms with Crippen LogP contribution < -0.4 is 10.6 Å². The van der Waals surface area contributed by atoms with Gasteiger partial charge in [0.25, 0.3) is 0 Å². The molecule has 2 atom stereocenters. The van der Waals surface area contributed by atoms with Gasteiger partial charge in [-0.05, 0) is 55.5 Å². The van der Waals surface area contributed by atoms with E-state index in [1.165, 1.54) is 11.3 Å². The number of hydrogen-bond acceptors (Lipinski definition) is 4. The first kappa shape index (κ1) is 20.8. The van der Waals surface area contributed by atoms with E-state index >= 15 is 0 Å². The van der Waals surface area contributed by atoms with Crippen LogP contribution in [-0.4, -0.2) is 27.4 Å². The van der Waals surface area contributed by atoms with E-state index in [0.717, 1.165) is 26.2 Å². The second-order valence-corrected chi connectivity index (χ2v) is 9.26. The summed E-state index contributed by atoms with van der Waals surface area (Å²) in [7, 11) is 0. The minimum absolute atomic E-state index is 0.0501. The van der Waals surface area contributed by atoms with Crippen molar-refractivity contribution < 1.29 is 4.79 Å². The maximum atomic E-state index is 12.5. The Morgan fingerprint density at radius 2 is 2.03 bits per heavy atom. The van der Waals surface area contributed by atoms with Gasteiger partial charge < -0.3 is 15.5 Å². The van der Waals surface area contributed by atoms with Gasteiger partial charge in [-0.3, -0.25) is 9.78 Å². The minimum Gasteiger partial charge on any atom is -0.352 e. The first-order chi connectivity index (χ1) is 14.5. The summed E-state index contributed by atoms with van der Waals surface area (Å²) in [6.45, 7) is 2.51. The van der Waals surface area contributed by atoms with E-state index < -0.39 is 0 Å². The Balaban J connectivity index is 1.51. The molecule has 154 valence electrons. The van der Waals surface area contributed by atoms with Crippen LogP contribution >= 0.6 is 35.2 Å². The number of amides is 1. The van der Waals surface area contributed by atoms with E-state index in [2.05, 4.69) is 20.5 Å². The summed E-state index contributed by atoms with van der Waals surface area (Å²) < 4.78 is 0.722. The van der Waals surface area contributed by atoms with Crippen molar-refractivity contribution in [3.63, 3.8) is 0 Å². The zero-order valence-corrected chi connectivity index (χ0v) is 18.7. The number of rotatable bonds is 6. The highest BCUT2D eigenvalue weighted by Gasteiger charge is 2.40. The fraction of sp³-hybridized carbons (Fsp3) is 0.227. The summed E-state index contributed by atoms with van der Waals surface area (Å²) in [6, 6.07) is 17.3. The number of anilines is 1. The van der Waals surface area contributed by atoms with Crippen molar-refractivity contribution in [2.24, 2.45) is 0 Å². The molecule has 3 aromatic rings. The molecule has 1 fully saturated rings. The van der Waals surface area contributed by atoms with Crippen molar-refractivity contribution in [3.8, 4) is 0 Å². The zero-order chi connectivity index (χ0) is 21.1. The minimum atomic E-state index is -0.103. The molecule has 30 heavy (non-hydrogen) atoms. The van der Waals surface area contributed by atoms with E-state index in [4.69, 9.17) is 23.8 Å². The predicted octanol–water partition coefficient (Wildman–Crippen LogP) is 5.11. The molecule has 5 nitrogen and oxygen atoms in total. The number of halogens is 1. The fourth-order valence-corrected chi connectivity index (χ4v) is 5.07. The molecule has 0 spiro atoms. The Bertz CT molecular complexity index is 1040. The molecule has 0 radical (unpaired) electrons. The van der Waals surface area contributed by atoms with Crippen molar-refractivity contribution in [1.29, 1.82) is 0 Å². The van der Waals surface area contributed by atoms with Crippen molar-refractivity contribution >= 4 is 51.9 Å². The van der Waals surface area contributed by atoms with Gasteiger partial charge in [0.2, 0.25) is 5.91 Å². The number of aryl methyl sites for hydroxylation is 1. The standard InChI is InChI=1S/C22H21ClN4OS2/c1-14-5-7-15(8-6-14)25-19(28)11-13-27-21(17-9-10-18(23)30-17)20(26-22(27)29)16-4-2-3-12-24-16/h2-10,12,20-21H,11,13H2,1H3,(H,25,28)(H,26,29)/t20-,21+/m1/s1. The summed E-state index contributed by atoms with van der Waals surface area (Å²) in [5, 5.41) is 6.95. The largest absolute Gasteiger partial charge is 0.352 e. The predicted molar refractivity (Wildman–Crippen MR) is 126 cm³/mol. The molecule has 1 amide bonds. The molecule has 8 heteroatoms. The third-order valence-electron chi connectivity index (χ3n) is 5.00. The zero-order valence-electron chi connectivity index (χ0n) is 16.3. The van der Waals surface area contributed by atoms with Crippen molar-refractivity contribution in [2.75, 3.05) is 11.9 Å². The lowest BCUT2D eigenvalue weighted by Crippen LogP contribution is -2.32. The van der Waals surface area contributed by atoms with Crippen LogP contribution in [0.1, 0.15) is 34.6 Å². The number of benzene rings is 1. The average molecular weight is 457 g/mol. The molecule has 1 aliphatic rings. The lowest BCUT2D eigenvalue weighted by atomic mass is 10.0. The second-order valence-electron chi connectivity index (χ2n) is 7.13. The highest BCUT2D eigenvalue weighted by Crippen LogP contribution is 2.42. The number of thiophene rings is 1. The van der Waals surface area contributed by atoms with Crippen LogP contribution in [0.3, 0.4) is 0 Å². The number of thiocarbonyl (C=S) groups is 1. The maximum Gasteiger partial charge on any atom is 0.226 e. The highest BCUT2D eigenvalue weighted by atomic mass is 35.5. The van der Waals surface area contributed by atoms with Gasteiger partial charge >= 0.3 is 0 Å². The summed E-state index contributed by atoms with van der Waals surface area (Å²) in [5.41, 5.74) is 2.85. The van der Waals surface area contributed by atoms with E-state index in [-0.39, 0.29) is 18.0 Å². The van der Waals surface area contributed by atoms with Gasteiger partial charge in [0, 0.05) is 29.7 Å². The number of nitrogens with zero attached hydrogens (tertiary/aromatic N) is 2. The molecule has 0 unspecified atom stereocenters. The smallest absolute Gasteiger partial charge is 0.226 e. The Hall–Kier alpha value is -2.48. The molecule has 1 saturated heterocycles. The van der Waals surface area contributed by atoms with Crippen LogP contribution in [0.5, 0.6) is 0 Å². The van der Waals surface area contributed by atoms with E-state index in [0.29, 0.717) is 18.1 Å². The lowest BCUT2D eigenvalue weighted by Gasteiger charge is -2.26. The summed E-state index contributed by atoms with van der Waals surface area (Å²) in [6.07, 6.45) is 2.09. The monoisotopic (exact) mass is 456 g/mol. The van der Waals surface area contributed by atoms with E-state index in [9.17, 15) is 4.79 Å². The quantitative estimate of drug-likeness (QED) is 0.505. The van der Waals surface area contributed by atoms with Crippen LogP contribution in [0, 0.1) is 6.92 Å². The Kier molecular flexibility index (Phi) is 6.32. The lowest BCUT2D eigenvalue weighted by molar-refractivity contribution is -0.116. The first-order valence-electron chi connectivity index (χ1n) is 9.61. The van der Waals surface area contributed by atoms with Crippen LogP contribution in [0.25, 0.3) is 0 Å². The van der Waals surface area contributed by atoms with Gasteiger partial charge in [0.05, 0.1) is 22.1 Å². The van der Waals surface area contributed by atoms with Gasteiger partial charge in [-0.15, -0.1) is 11.3 Å². The van der Waals surface area contributed by atoms with Crippen molar-refractivity contribution in [3.05, 3.63) is 81.3 Å². The third kappa shape index (κ3) is 4.64. The number of carbonyl (C=O) groups is 1. The van der Waals surface area contributed by atoms with E-state index in [1.807, 2.05) is 61.5 Å². The number of pyridine rings is 1. The van der Waals surface area contributed by atoms with Crippen LogP contribution in [0.15, 0.2) is 60.8 Å². The van der Waals surface area contributed by atoms with Crippen LogP contribution in [0.4, 0.5) is 5.69 Å². The molecule has 4 rings (SSSR count). The van der Waals surface area contributed by atoms with Crippen LogP contribution in [-0.2, 0) is 4.79 Å². The highest BCUT2D eigenvalue weighted by molar-refractivity contribution is 7.80. The average Bonchev–Trinajstić information content (AvgIpc) is 3.31. The molecule has 2 N–H and O–H groups in total. The van der Waals surface area contributed by atoms with Crippen molar-refractivity contribution in [2.45, 2.75) is 25.4 Å². The SMILES string of the molecule is Cc1ccc(NC(=O)CCN2C(=S)N[C@H](c3ccccn3)[C@@H]2c2ccc(Cl)s2)cc1. The van der Waals surface area contributed by atoms with Gasteiger partial charge in [-0.1, -0.05) is 35.4 Å². The molecule has 0 aliphatic carbocycles. The molecule has 2 aromatic heterocycles. The normalized spacial score (nSPS) is 18.3. The molecule has 1 aliphatic heterocycles. The van der Waals surface area contributed by atoms with Gasteiger partial charge in [0.15, 0.2) is 5.11 Å². The summed E-state index contributed by atoms with van der Waals surface area (Å²) in [5.74, 6) is -0.0501. The summed E-state index contributed by atoms with van der Waals surface area (Å²) in [4.78, 5) is 20.2. The maximum absolute atomic E-state index is 12.5. The topological polar surface area (TPSA) is 57.3 Å². The van der Waals surface area contributed by atoms with Crippen molar-refractivity contribution in [1.82, 2.24) is 15.2 Å². The number of nitrogens with one attached hydrogen (secondary N) is 2. The van der Waals surface area contributed by atoms with Gasteiger partial charge in [0.1, 0.15) is 0 Å². The van der Waals surface area contributed by atoms with Gasteiger partial charge in [-0.25, -0.2) is 0 Å². The molecule has 1 aromatic carbocycles. The van der Waals surface area contributed by atoms with Gasteiger partial charge in [-0.2, -0.15) is 0 Å². The molecule has 0 bridgehead atoms. The Morgan fingerprint density at radius 3 is 2.70 bits per heavy atom. The first-order valence-corrected chi connectivity index (χ1v) is 11.2. The fourth-order valence-electron chi connectivity index (χ4n) is 3.52. The summed E-state index contributed by atoms with van der Waals surface area (Å²) >= 11 is 13.4.